The molecule has 0 heterocycles. The zero-order chi connectivity index (χ0) is 15.8. The van der Waals surface area contributed by atoms with Crippen LogP contribution in [0.2, 0.25) is 0 Å². The maximum Gasteiger partial charge on any atom is 0.519 e. The molecule has 112 valence electrons. The molecular formula is C19H18O3. The number of carbonyl (C=O) groups is 1. The smallest absolute Gasteiger partial charge is 0.395 e. The van der Waals surface area contributed by atoms with Gasteiger partial charge in [0.05, 0.1) is 0 Å². The highest BCUT2D eigenvalue weighted by atomic mass is 16.7. The molecule has 0 N–H and O–H groups in total. The summed E-state index contributed by atoms with van der Waals surface area (Å²) in [6.07, 6.45) is 4.44. The Balaban J connectivity index is 1.91. The van der Waals surface area contributed by atoms with E-state index in [0.717, 1.165) is 24.0 Å². The summed E-state index contributed by atoms with van der Waals surface area (Å²) in [5.74, 6) is 0.891. The number of allylic oxidation sites excluding steroid dienone is 2. The van der Waals surface area contributed by atoms with E-state index in [9.17, 15) is 4.79 Å². The van der Waals surface area contributed by atoms with Crippen molar-refractivity contribution in [1.82, 2.24) is 0 Å². The Kier molecular flexibility index (Phi) is 5.55. The summed E-state index contributed by atoms with van der Waals surface area (Å²) in [7, 11) is 0. The van der Waals surface area contributed by atoms with Gasteiger partial charge in [0.1, 0.15) is 11.5 Å². The molecule has 0 spiro atoms. The van der Waals surface area contributed by atoms with Crippen molar-refractivity contribution in [3.05, 3.63) is 85.0 Å². The Bertz CT molecular complexity index is 582. The van der Waals surface area contributed by atoms with Crippen LogP contribution in [-0.4, -0.2) is 6.16 Å². The highest BCUT2D eigenvalue weighted by molar-refractivity contribution is 5.67. The van der Waals surface area contributed by atoms with E-state index in [1.165, 1.54) is 0 Å². The Labute approximate surface area is 130 Å². The molecule has 2 aromatic carbocycles. The highest BCUT2D eigenvalue weighted by Gasteiger charge is 2.07. The van der Waals surface area contributed by atoms with Crippen LogP contribution < -0.4 is 9.47 Å². The summed E-state index contributed by atoms with van der Waals surface area (Å²) in [4.78, 5) is 11.7. The summed E-state index contributed by atoms with van der Waals surface area (Å²) < 4.78 is 10.3. The minimum absolute atomic E-state index is 0.445. The third-order valence-corrected chi connectivity index (χ3v) is 3.01. The van der Waals surface area contributed by atoms with Crippen molar-refractivity contribution >= 4 is 6.16 Å². The van der Waals surface area contributed by atoms with Gasteiger partial charge in [0, 0.05) is 0 Å². The average Bonchev–Trinajstić information content (AvgIpc) is 2.52. The summed E-state index contributed by atoms with van der Waals surface area (Å²) in [5.41, 5.74) is 2.21. The van der Waals surface area contributed by atoms with E-state index in [1.807, 2.05) is 36.4 Å². The first kappa shape index (κ1) is 15.6. The first-order chi connectivity index (χ1) is 10.7. The maximum absolute atomic E-state index is 11.7. The fourth-order valence-electron chi connectivity index (χ4n) is 1.93. The molecule has 0 aromatic heterocycles. The number of rotatable bonds is 6. The van der Waals surface area contributed by atoms with Crippen molar-refractivity contribution in [2.45, 2.75) is 12.8 Å². The number of hydrogen-bond acceptors (Lipinski definition) is 3. The van der Waals surface area contributed by atoms with Crippen molar-refractivity contribution in [3.63, 3.8) is 0 Å². The molecule has 0 saturated heterocycles. The predicted molar refractivity (Wildman–Crippen MR) is 87.3 cm³/mol. The van der Waals surface area contributed by atoms with E-state index < -0.39 is 6.16 Å². The number of ether oxygens (including phenoxy) is 2. The van der Waals surface area contributed by atoms with Gasteiger partial charge in [-0.1, -0.05) is 36.4 Å². The van der Waals surface area contributed by atoms with Crippen LogP contribution in [-0.2, 0) is 12.8 Å². The van der Waals surface area contributed by atoms with Gasteiger partial charge in [-0.25, -0.2) is 4.79 Å². The lowest BCUT2D eigenvalue weighted by molar-refractivity contribution is 0.152. The maximum atomic E-state index is 11.7. The SMILES string of the molecule is C=CCc1ccc(OC(=O)Oc2ccc(CC=C)cc2)cc1. The van der Waals surface area contributed by atoms with Crippen LogP contribution in [0.1, 0.15) is 11.1 Å². The van der Waals surface area contributed by atoms with Crippen LogP contribution >= 0.6 is 0 Å². The molecule has 22 heavy (non-hydrogen) atoms. The molecule has 0 atom stereocenters. The Hall–Kier alpha value is -2.81. The van der Waals surface area contributed by atoms with Crippen LogP contribution in [0, 0.1) is 0 Å². The topological polar surface area (TPSA) is 35.5 Å². The lowest BCUT2D eigenvalue weighted by Gasteiger charge is -2.06. The van der Waals surface area contributed by atoms with Gasteiger partial charge in [0.25, 0.3) is 0 Å². The van der Waals surface area contributed by atoms with Crippen LogP contribution in [0.25, 0.3) is 0 Å². The summed E-state index contributed by atoms with van der Waals surface area (Å²) in [6.45, 7) is 7.36. The van der Waals surface area contributed by atoms with Crippen LogP contribution in [0.4, 0.5) is 4.79 Å². The second-order valence-corrected chi connectivity index (χ2v) is 4.73. The first-order valence-electron chi connectivity index (χ1n) is 7.00. The lowest BCUT2D eigenvalue weighted by atomic mass is 10.1. The quantitative estimate of drug-likeness (QED) is 0.439. The third-order valence-electron chi connectivity index (χ3n) is 3.01. The standard InChI is InChI=1S/C19H18O3/c1-3-5-15-7-11-17(12-8-15)21-19(20)22-18-13-9-16(6-4-2)10-14-18/h3-4,7-14H,1-2,5-6H2. The molecule has 0 saturated carbocycles. The van der Waals surface area contributed by atoms with E-state index in [2.05, 4.69) is 13.2 Å². The predicted octanol–water partition coefficient (Wildman–Crippen LogP) is 4.72. The van der Waals surface area contributed by atoms with Crippen LogP contribution in [0.15, 0.2) is 73.8 Å². The second kappa shape index (κ2) is 7.84. The summed E-state index contributed by atoms with van der Waals surface area (Å²) in [6, 6.07) is 14.5. The highest BCUT2D eigenvalue weighted by Crippen LogP contribution is 2.16. The molecule has 0 aliphatic rings. The van der Waals surface area contributed by atoms with E-state index in [-0.39, 0.29) is 0 Å². The molecule has 0 bridgehead atoms. The van der Waals surface area contributed by atoms with Gasteiger partial charge in [-0.05, 0) is 48.2 Å². The van der Waals surface area contributed by atoms with Gasteiger partial charge in [-0.2, -0.15) is 0 Å². The fraction of sp³-hybridized carbons (Fsp3) is 0.105. The summed E-state index contributed by atoms with van der Waals surface area (Å²) >= 11 is 0. The van der Waals surface area contributed by atoms with Gasteiger partial charge in [-0.15, -0.1) is 13.2 Å². The molecule has 0 radical (unpaired) electrons. The minimum Gasteiger partial charge on any atom is -0.395 e. The fourth-order valence-corrected chi connectivity index (χ4v) is 1.93. The van der Waals surface area contributed by atoms with Gasteiger partial charge < -0.3 is 9.47 Å². The molecule has 0 unspecified atom stereocenters. The third kappa shape index (κ3) is 4.63. The molecule has 3 nitrogen and oxygen atoms in total. The molecule has 0 aliphatic heterocycles. The van der Waals surface area contributed by atoms with Gasteiger partial charge in [0.15, 0.2) is 0 Å². The van der Waals surface area contributed by atoms with Crippen molar-refractivity contribution in [2.75, 3.05) is 0 Å². The number of carbonyl (C=O) groups excluding carboxylic acids is 1. The largest absolute Gasteiger partial charge is 0.519 e. The Morgan fingerprint density at radius 1 is 0.773 bits per heavy atom. The van der Waals surface area contributed by atoms with Crippen molar-refractivity contribution in [3.8, 4) is 11.5 Å². The van der Waals surface area contributed by atoms with E-state index in [4.69, 9.17) is 9.47 Å². The van der Waals surface area contributed by atoms with Crippen LogP contribution in [0.5, 0.6) is 11.5 Å². The van der Waals surface area contributed by atoms with Gasteiger partial charge in [0.2, 0.25) is 0 Å². The summed E-state index contributed by atoms with van der Waals surface area (Å²) in [5, 5.41) is 0. The molecule has 3 heteroatoms. The van der Waals surface area contributed by atoms with E-state index in [1.54, 1.807) is 24.3 Å². The van der Waals surface area contributed by atoms with Crippen molar-refractivity contribution in [1.29, 1.82) is 0 Å². The molecule has 2 rings (SSSR count). The number of benzene rings is 2. The molecule has 0 fully saturated rings. The monoisotopic (exact) mass is 294 g/mol. The Morgan fingerprint density at radius 3 is 1.45 bits per heavy atom. The van der Waals surface area contributed by atoms with Gasteiger partial charge in [-0.3, -0.25) is 0 Å². The van der Waals surface area contributed by atoms with E-state index in [0.29, 0.717) is 11.5 Å². The van der Waals surface area contributed by atoms with E-state index >= 15 is 0 Å². The zero-order valence-electron chi connectivity index (χ0n) is 12.3. The Morgan fingerprint density at radius 2 is 1.14 bits per heavy atom. The first-order valence-corrected chi connectivity index (χ1v) is 7.00. The molecule has 2 aromatic rings. The molecular weight excluding hydrogens is 276 g/mol. The second-order valence-electron chi connectivity index (χ2n) is 4.73. The zero-order valence-corrected chi connectivity index (χ0v) is 12.3. The lowest BCUT2D eigenvalue weighted by Crippen LogP contribution is -2.13. The minimum atomic E-state index is -0.757. The molecule has 0 amide bonds. The van der Waals surface area contributed by atoms with Crippen LogP contribution in [0.3, 0.4) is 0 Å². The normalized spacial score (nSPS) is 9.82. The molecule has 0 aliphatic carbocycles. The van der Waals surface area contributed by atoms with Gasteiger partial charge >= 0.3 is 6.16 Å². The van der Waals surface area contributed by atoms with Crippen molar-refractivity contribution in [2.24, 2.45) is 0 Å². The average molecular weight is 294 g/mol. The van der Waals surface area contributed by atoms with Crippen molar-refractivity contribution < 1.29 is 14.3 Å². The number of hydrogen-bond donors (Lipinski definition) is 0.